The molecule has 2 nitrogen and oxygen atoms in total. The third-order valence-corrected chi connectivity index (χ3v) is 5.82. The molecule has 2 aliphatic rings. The molecule has 0 spiro atoms. The maximum absolute atomic E-state index is 6.28. The smallest absolute Gasteiger partial charge is 0.0359 e. The predicted octanol–water partition coefficient (Wildman–Crippen LogP) is 2.99. The lowest BCUT2D eigenvalue weighted by molar-refractivity contribution is 0.0596. The molecule has 1 aromatic rings. The lowest BCUT2D eigenvalue weighted by Crippen LogP contribution is -2.57. The van der Waals surface area contributed by atoms with Crippen molar-refractivity contribution < 1.29 is 0 Å². The number of nitrogens with two attached hydrogens (primary N) is 1. The molecular formula is C18H28N2. The van der Waals surface area contributed by atoms with E-state index in [1.165, 1.54) is 51.6 Å². The van der Waals surface area contributed by atoms with Gasteiger partial charge < -0.3 is 5.73 Å². The quantitative estimate of drug-likeness (QED) is 0.916. The minimum atomic E-state index is 0.288. The Labute approximate surface area is 123 Å². The second-order valence-corrected chi connectivity index (χ2v) is 6.56. The maximum Gasteiger partial charge on any atom is 0.0359 e. The molecule has 2 heteroatoms. The largest absolute Gasteiger partial charge is 0.329 e. The van der Waals surface area contributed by atoms with E-state index in [0.29, 0.717) is 0 Å². The molecule has 1 heterocycles. The van der Waals surface area contributed by atoms with E-state index in [9.17, 15) is 0 Å². The van der Waals surface area contributed by atoms with Gasteiger partial charge in [0.15, 0.2) is 0 Å². The van der Waals surface area contributed by atoms with Crippen molar-refractivity contribution in [3.63, 3.8) is 0 Å². The summed E-state index contributed by atoms with van der Waals surface area (Å²) in [5, 5.41) is 0. The van der Waals surface area contributed by atoms with Crippen molar-refractivity contribution in [2.45, 2.75) is 51.0 Å². The van der Waals surface area contributed by atoms with E-state index in [4.69, 9.17) is 5.73 Å². The highest BCUT2D eigenvalue weighted by Crippen LogP contribution is 2.42. The molecule has 2 atom stereocenters. The van der Waals surface area contributed by atoms with E-state index in [1.54, 1.807) is 11.1 Å². The molecule has 0 saturated heterocycles. The predicted molar refractivity (Wildman–Crippen MR) is 84.8 cm³/mol. The molecular weight excluding hydrogens is 244 g/mol. The Morgan fingerprint density at radius 2 is 1.85 bits per heavy atom. The van der Waals surface area contributed by atoms with E-state index in [0.717, 1.165) is 12.5 Å². The van der Waals surface area contributed by atoms with E-state index in [1.807, 2.05) is 0 Å². The van der Waals surface area contributed by atoms with Crippen LogP contribution in [-0.4, -0.2) is 30.1 Å². The fourth-order valence-electron chi connectivity index (χ4n) is 4.64. The number of rotatable bonds is 3. The highest BCUT2D eigenvalue weighted by molar-refractivity contribution is 5.29. The summed E-state index contributed by atoms with van der Waals surface area (Å²) in [4.78, 5) is 2.74. The van der Waals surface area contributed by atoms with Crippen molar-refractivity contribution in [1.82, 2.24) is 4.90 Å². The normalized spacial score (nSPS) is 31.0. The summed E-state index contributed by atoms with van der Waals surface area (Å²) in [6.07, 6.45) is 7.69. The molecule has 3 rings (SSSR count). The molecule has 0 amide bonds. The average molecular weight is 272 g/mol. The second kappa shape index (κ2) is 5.87. The van der Waals surface area contributed by atoms with Gasteiger partial charge in [-0.25, -0.2) is 0 Å². The van der Waals surface area contributed by atoms with E-state index >= 15 is 0 Å². The molecule has 20 heavy (non-hydrogen) atoms. The van der Waals surface area contributed by atoms with Gasteiger partial charge >= 0.3 is 0 Å². The lowest BCUT2D eigenvalue weighted by Gasteiger charge is -2.44. The van der Waals surface area contributed by atoms with Crippen LogP contribution in [0, 0.1) is 5.92 Å². The summed E-state index contributed by atoms with van der Waals surface area (Å²) in [5.74, 6) is 0.800. The molecule has 0 radical (unpaired) electrons. The van der Waals surface area contributed by atoms with Crippen molar-refractivity contribution in [3.05, 3.63) is 35.4 Å². The monoisotopic (exact) mass is 272 g/mol. The lowest BCUT2D eigenvalue weighted by atomic mass is 9.83. The molecule has 1 saturated carbocycles. The molecule has 2 unspecified atom stereocenters. The van der Waals surface area contributed by atoms with Gasteiger partial charge in [0.05, 0.1) is 0 Å². The van der Waals surface area contributed by atoms with Crippen LogP contribution in [0.5, 0.6) is 0 Å². The number of nitrogens with zero attached hydrogens (tertiary/aromatic N) is 1. The van der Waals surface area contributed by atoms with Crippen LogP contribution in [0.25, 0.3) is 0 Å². The number of benzene rings is 1. The SMILES string of the molecule is CCC1CCCC1(CN)N1CCc2ccccc2CC1. The van der Waals surface area contributed by atoms with E-state index in [2.05, 4.69) is 36.1 Å². The first kappa shape index (κ1) is 14.1. The van der Waals surface area contributed by atoms with Crippen molar-refractivity contribution in [1.29, 1.82) is 0 Å². The van der Waals surface area contributed by atoms with Crippen LogP contribution in [0.2, 0.25) is 0 Å². The Morgan fingerprint density at radius 1 is 1.20 bits per heavy atom. The van der Waals surface area contributed by atoms with Crippen LogP contribution in [0.1, 0.15) is 43.7 Å². The fraction of sp³-hybridized carbons (Fsp3) is 0.667. The molecule has 1 aromatic carbocycles. The molecule has 1 aliphatic heterocycles. The van der Waals surface area contributed by atoms with Gasteiger partial charge in [0.25, 0.3) is 0 Å². The summed E-state index contributed by atoms with van der Waals surface area (Å²) in [6, 6.07) is 8.97. The second-order valence-electron chi connectivity index (χ2n) is 6.56. The minimum Gasteiger partial charge on any atom is -0.329 e. The zero-order valence-electron chi connectivity index (χ0n) is 12.8. The summed E-state index contributed by atoms with van der Waals surface area (Å²) in [7, 11) is 0. The molecule has 0 bridgehead atoms. The third kappa shape index (κ3) is 2.29. The molecule has 1 aliphatic carbocycles. The Bertz CT molecular complexity index is 429. The molecule has 110 valence electrons. The van der Waals surface area contributed by atoms with Gasteiger partial charge in [-0.15, -0.1) is 0 Å². The van der Waals surface area contributed by atoms with Crippen LogP contribution < -0.4 is 5.73 Å². The van der Waals surface area contributed by atoms with Crippen LogP contribution in [0.15, 0.2) is 24.3 Å². The number of fused-ring (bicyclic) bond motifs is 1. The zero-order valence-corrected chi connectivity index (χ0v) is 12.8. The minimum absolute atomic E-state index is 0.288. The van der Waals surface area contributed by atoms with Crippen LogP contribution in [0.3, 0.4) is 0 Å². The highest BCUT2D eigenvalue weighted by atomic mass is 15.2. The van der Waals surface area contributed by atoms with Gasteiger partial charge in [-0.05, 0) is 42.7 Å². The summed E-state index contributed by atoms with van der Waals surface area (Å²) >= 11 is 0. The zero-order chi connectivity index (χ0) is 14.0. The van der Waals surface area contributed by atoms with Gasteiger partial charge in [0.1, 0.15) is 0 Å². The van der Waals surface area contributed by atoms with E-state index < -0.39 is 0 Å². The number of hydrogen-bond acceptors (Lipinski definition) is 2. The van der Waals surface area contributed by atoms with Crippen LogP contribution >= 0.6 is 0 Å². The molecule has 0 aromatic heterocycles. The average Bonchev–Trinajstić information content (AvgIpc) is 2.80. The third-order valence-electron chi connectivity index (χ3n) is 5.82. The fourth-order valence-corrected chi connectivity index (χ4v) is 4.64. The van der Waals surface area contributed by atoms with Crippen LogP contribution in [0.4, 0.5) is 0 Å². The van der Waals surface area contributed by atoms with Crippen molar-refractivity contribution >= 4 is 0 Å². The van der Waals surface area contributed by atoms with Gasteiger partial charge in [-0.2, -0.15) is 0 Å². The molecule has 2 N–H and O–H groups in total. The van der Waals surface area contributed by atoms with Gasteiger partial charge in [0.2, 0.25) is 0 Å². The standard InChI is InChI=1S/C18H28N2/c1-2-17-8-5-11-18(17,14-19)20-12-9-15-6-3-4-7-16(15)10-13-20/h3-4,6-7,17H,2,5,8-14,19H2,1H3. The Balaban J connectivity index is 1.81. The summed E-state index contributed by atoms with van der Waals surface area (Å²) in [5.41, 5.74) is 9.67. The van der Waals surface area contributed by atoms with Gasteiger partial charge in [0, 0.05) is 25.2 Å². The van der Waals surface area contributed by atoms with Crippen molar-refractivity contribution in [2.24, 2.45) is 11.7 Å². The number of hydrogen-bond donors (Lipinski definition) is 1. The summed E-state index contributed by atoms with van der Waals surface area (Å²) in [6.45, 7) is 5.55. The van der Waals surface area contributed by atoms with E-state index in [-0.39, 0.29) is 5.54 Å². The Kier molecular flexibility index (Phi) is 4.13. The van der Waals surface area contributed by atoms with Crippen LogP contribution in [-0.2, 0) is 12.8 Å². The Morgan fingerprint density at radius 3 is 2.40 bits per heavy atom. The first-order valence-electron chi connectivity index (χ1n) is 8.32. The summed E-state index contributed by atoms with van der Waals surface area (Å²) < 4.78 is 0. The highest BCUT2D eigenvalue weighted by Gasteiger charge is 2.45. The molecule has 1 fully saturated rings. The first-order valence-corrected chi connectivity index (χ1v) is 8.32. The van der Waals surface area contributed by atoms with Crippen molar-refractivity contribution in [3.8, 4) is 0 Å². The maximum atomic E-state index is 6.28. The van der Waals surface area contributed by atoms with Gasteiger partial charge in [-0.3, -0.25) is 4.90 Å². The van der Waals surface area contributed by atoms with Gasteiger partial charge in [-0.1, -0.05) is 44.0 Å². The van der Waals surface area contributed by atoms with Crippen molar-refractivity contribution in [2.75, 3.05) is 19.6 Å². The first-order chi connectivity index (χ1) is 9.80. The topological polar surface area (TPSA) is 29.3 Å². The Hall–Kier alpha value is -0.860.